The predicted molar refractivity (Wildman–Crippen MR) is 142 cm³/mol. The molecule has 10 heteroatoms. The van der Waals surface area contributed by atoms with E-state index in [-0.39, 0.29) is 18.9 Å². The van der Waals surface area contributed by atoms with Crippen LogP contribution < -0.4 is 10.2 Å². The third kappa shape index (κ3) is 6.40. The normalized spacial score (nSPS) is 16.4. The number of aliphatic hydroxyl groups excluding tert-OH is 1. The van der Waals surface area contributed by atoms with Crippen molar-refractivity contribution < 1.29 is 19.4 Å². The van der Waals surface area contributed by atoms with Crippen LogP contribution in [0.4, 0.5) is 5.82 Å². The fourth-order valence-corrected chi connectivity index (χ4v) is 4.98. The Kier molecular flexibility index (Phi) is 8.04. The molecule has 2 aromatic heterocycles. The molecular weight excluding hydrogens is 494 g/mol. The molecule has 1 aromatic carbocycles. The average Bonchev–Trinajstić information content (AvgIpc) is 3.33. The van der Waals surface area contributed by atoms with Gasteiger partial charge in [0, 0.05) is 30.9 Å². The minimum Gasteiger partial charge on any atom is -0.460 e. The van der Waals surface area contributed by atoms with Gasteiger partial charge in [0.1, 0.15) is 23.4 Å². The van der Waals surface area contributed by atoms with Gasteiger partial charge in [-0.05, 0) is 63.8 Å². The Bertz CT molecular complexity index is 1230. The summed E-state index contributed by atoms with van der Waals surface area (Å²) in [4.78, 5) is 40.8. The van der Waals surface area contributed by atoms with E-state index < -0.39 is 23.0 Å². The number of H-pyrrole nitrogens is 1. The number of benzene rings is 1. The number of piperidine rings is 1. The number of amides is 1. The van der Waals surface area contributed by atoms with E-state index in [1.54, 1.807) is 12.1 Å². The first kappa shape index (κ1) is 26.9. The van der Waals surface area contributed by atoms with Gasteiger partial charge in [0.15, 0.2) is 0 Å². The number of hydrogen-bond donors (Lipinski definition) is 3. The highest BCUT2D eigenvalue weighted by molar-refractivity contribution is 6.30. The maximum Gasteiger partial charge on any atom is 0.307 e. The van der Waals surface area contributed by atoms with Gasteiger partial charge in [-0.2, -0.15) is 0 Å². The Morgan fingerprint density at radius 3 is 2.54 bits per heavy atom. The van der Waals surface area contributed by atoms with Gasteiger partial charge in [-0.25, -0.2) is 9.97 Å². The number of aromatic amines is 1. The lowest BCUT2D eigenvalue weighted by Gasteiger charge is -2.41. The van der Waals surface area contributed by atoms with Gasteiger partial charge in [0.05, 0.1) is 23.3 Å². The summed E-state index contributed by atoms with van der Waals surface area (Å²) in [6.07, 6.45) is 4.55. The van der Waals surface area contributed by atoms with Crippen LogP contribution in [0.2, 0.25) is 5.02 Å². The van der Waals surface area contributed by atoms with Crippen LogP contribution in [0.3, 0.4) is 0 Å². The molecule has 3 aromatic rings. The van der Waals surface area contributed by atoms with Crippen LogP contribution in [0.15, 0.2) is 42.9 Å². The van der Waals surface area contributed by atoms with E-state index in [2.05, 4.69) is 25.2 Å². The van der Waals surface area contributed by atoms with Crippen LogP contribution in [-0.2, 0) is 14.3 Å². The number of nitrogens with one attached hydrogen (secondary N) is 2. The Labute approximate surface area is 221 Å². The number of aromatic nitrogens is 3. The smallest absolute Gasteiger partial charge is 0.307 e. The number of hydrogen-bond acceptors (Lipinski definition) is 7. The van der Waals surface area contributed by atoms with Crippen molar-refractivity contribution in [3.05, 3.63) is 53.4 Å². The SMILES string of the molecule is CC(C)(C)OC(=O)CC1(C(=O)NC(CCO)c2ccc(Cl)cc2)CCN(c2ncnc3[nH]ccc23)CC1. The van der Waals surface area contributed by atoms with E-state index in [0.29, 0.717) is 37.4 Å². The van der Waals surface area contributed by atoms with Crippen LogP contribution >= 0.6 is 11.6 Å². The highest BCUT2D eigenvalue weighted by Gasteiger charge is 2.45. The van der Waals surface area contributed by atoms with Crippen LogP contribution in [0.1, 0.15) is 58.1 Å². The van der Waals surface area contributed by atoms with Gasteiger partial charge >= 0.3 is 5.97 Å². The van der Waals surface area contributed by atoms with Crippen molar-refractivity contribution in [2.24, 2.45) is 5.41 Å². The monoisotopic (exact) mass is 527 g/mol. The molecule has 9 nitrogen and oxygen atoms in total. The molecule has 3 heterocycles. The van der Waals surface area contributed by atoms with Crippen LogP contribution in [-0.4, -0.2) is 57.2 Å². The summed E-state index contributed by atoms with van der Waals surface area (Å²) in [6.45, 7) is 6.43. The number of aliphatic hydroxyl groups is 1. The van der Waals surface area contributed by atoms with Gasteiger partial charge in [-0.1, -0.05) is 23.7 Å². The Hall–Kier alpha value is -3.17. The highest BCUT2D eigenvalue weighted by Crippen LogP contribution is 2.39. The quantitative estimate of drug-likeness (QED) is 0.376. The number of nitrogens with zero attached hydrogens (tertiary/aromatic N) is 3. The highest BCUT2D eigenvalue weighted by atomic mass is 35.5. The molecule has 1 amide bonds. The Balaban J connectivity index is 1.57. The molecule has 198 valence electrons. The molecule has 0 spiro atoms. The van der Waals surface area contributed by atoms with Crippen molar-refractivity contribution in [3.63, 3.8) is 0 Å². The van der Waals surface area contributed by atoms with E-state index in [0.717, 1.165) is 22.4 Å². The molecule has 3 N–H and O–H groups in total. The molecule has 0 saturated carbocycles. The van der Waals surface area contributed by atoms with Gasteiger partial charge in [0.2, 0.25) is 5.91 Å². The number of carbonyl (C=O) groups excluding carboxylic acids is 2. The predicted octanol–water partition coefficient (Wildman–Crippen LogP) is 4.17. The number of carbonyl (C=O) groups is 2. The van der Waals surface area contributed by atoms with Crippen molar-refractivity contribution >= 4 is 40.3 Å². The zero-order valence-corrected chi connectivity index (χ0v) is 22.2. The Morgan fingerprint density at radius 1 is 1.19 bits per heavy atom. The van der Waals surface area contributed by atoms with E-state index in [9.17, 15) is 14.7 Å². The van der Waals surface area contributed by atoms with Crippen LogP contribution in [0.25, 0.3) is 11.0 Å². The molecule has 0 aliphatic carbocycles. The lowest BCUT2D eigenvalue weighted by Crippen LogP contribution is -2.51. The number of anilines is 1. The number of rotatable bonds is 8. The third-order valence-corrected chi connectivity index (χ3v) is 6.98. The number of ether oxygens (including phenoxy) is 1. The maximum absolute atomic E-state index is 13.9. The maximum atomic E-state index is 13.9. The molecule has 1 saturated heterocycles. The summed E-state index contributed by atoms with van der Waals surface area (Å²) in [6, 6.07) is 8.71. The molecule has 0 radical (unpaired) electrons. The van der Waals surface area contributed by atoms with Crippen molar-refractivity contribution in [3.8, 4) is 0 Å². The number of halogens is 1. The number of esters is 1. The fraction of sp³-hybridized carbons (Fsp3) is 0.481. The second kappa shape index (κ2) is 11.1. The first-order valence-electron chi connectivity index (χ1n) is 12.5. The summed E-state index contributed by atoms with van der Waals surface area (Å²) in [5, 5.41) is 14.3. The van der Waals surface area contributed by atoms with Crippen molar-refractivity contribution in [2.75, 3.05) is 24.6 Å². The lowest BCUT2D eigenvalue weighted by molar-refractivity contribution is -0.161. The summed E-state index contributed by atoms with van der Waals surface area (Å²) in [5.41, 5.74) is -0.0157. The molecule has 1 fully saturated rings. The lowest BCUT2D eigenvalue weighted by atomic mass is 9.74. The van der Waals surface area contributed by atoms with E-state index in [1.165, 1.54) is 6.33 Å². The summed E-state index contributed by atoms with van der Waals surface area (Å²) < 4.78 is 5.61. The van der Waals surface area contributed by atoms with Gasteiger partial charge in [-0.3, -0.25) is 9.59 Å². The van der Waals surface area contributed by atoms with Crippen molar-refractivity contribution in [1.29, 1.82) is 0 Å². The molecule has 1 unspecified atom stereocenters. The van der Waals surface area contributed by atoms with Gasteiger partial charge in [-0.15, -0.1) is 0 Å². The fourth-order valence-electron chi connectivity index (χ4n) is 4.85. The van der Waals surface area contributed by atoms with Crippen LogP contribution in [0, 0.1) is 5.41 Å². The Morgan fingerprint density at radius 2 is 1.89 bits per heavy atom. The minimum atomic E-state index is -0.955. The minimum absolute atomic E-state index is 0.0280. The molecule has 1 atom stereocenters. The third-order valence-electron chi connectivity index (χ3n) is 6.73. The second-order valence-electron chi connectivity index (χ2n) is 10.6. The molecular formula is C27H34ClN5O4. The summed E-state index contributed by atoms with van der Waals surface area (Å²) in [7, 11) is 0. The average molecular weight is 528 g/mol. The second-order valence-corrected chi connectivity index (χ2v) is 11.0. The first-order valence-corrected chi connectivity index (χ1v) is 12.9. The van der Waals surface area contributed by atoms with Crippen molar-refractivity contribution in [1.82, 2.24) is 20.3 Å². The van der Waals surface area contributed by atoms with Gasteiger partial charge < -0.3 is 25.0 Å². The zero-order valence-electron chi connectivity index (χ0n) is 21.5. The largest absolute Gasteiger partial charge is 0.460 e. The molecule has 1 aliphatic heterocycles. The molecule has 37 heavy (non-hydrogen) atoms. The summed E-state index contributed by atoms with van der Waals surface area (Å²) in [5.74, 6) is 0.175. The molecule has 0 bridgehead atoms. The standard InChI is InChI=1S/C27H34ClN5O4/c1-26(2,3)37-22(35)16-27(25(36)32-21(9-15-34)18-4-6-19(28)7-5-18)10-13-33(14-11-27)24-20-8-12-29-23(20)30-17-31-24/h4-8,12,17,21,34H,9-11,13-16H2,1-3H3,(H,32,36)(H,29,30,31). The van der Waals surface area contributed by atoms with Crippen molar-refractivity contribution in [2.45, 2.75) is 58.1 Å². The molecule has 1 aliphatic rings. The molecule has 4 rings (SSSR count). The first-order chi connectivity index (χ1) is 17.6. The topological polar surface area (TPSA) is 120 Å². The van der Waals surface area contributed by atoms with E-state index in [1.807, 2.05) is 45.2 Å². The summed E-state index contributed by atoms with van der Waals surface area (Å²) >= 11 is 6.04. The van der Waals surface area contributed by atoms with E-state index in [4.69, 9.17) is 16.3 Å². The van der Waals surface area contributed by atoms with Crippen LogP contribution in [0.5, 0.6) is 0 Å². The number of fused-ring (bicyclic) bond motifs is 1. The zero-order chi connectivity index (χ0) is 26.6. The van der Waals surface area contributed by atoms with Gasteiger partial charge in [0.25, 0.3) is 0 Å². The van der Waals surface area contributed by atoms with E-state index >= 15 is 0 Å².